The molecular formula is C15H16O2. The van der Waals surface area contributed by atoms with E-state index in [-0.39, 0.29) is 5.97 Å². The first-order chi connectivity index (χ1) is 8.28. The molecule has 2 heteroatoms. The first kappa shape index (κ1) is 10.6. The molecule has 2 aliphatic carbocycles. The molecule has 0 radical (unpaired) electrons. The van der Waals surface area contributed by atoms with Crippen molar-refractivity contribution in [3.63, 3.8) is 0 Å². The van der Waals surface area contributed by atoms with E-state index >= 15 is 0 Å². The summed E-state index contributed by atoms with van der Waals surface area (Å²) in [6.45, 7) is 0. The first-order valence-electron chi connectivity index (χ1n) is 6.18. The highest BCUT2D eigenvalue weighted by Crippen LogP contribution is 2.47. The molecule has 0 spiro atoms. The Balaban J connectivity index is 1.86. The van der Waals surface area contributed by atoms with Crippen LogP contribution in [0.15, 0.2) is 30.3 Å². The Bertz CT molecular complexity index is 470. The summed E-state index contributed by atoms with van der Waals surface area (Å²) in [5.41, 5.74) is 3.38. The summed E-state index contributed by atoms with van der Waals surface area (Å²) in [6.07, 6.45) is 6.43. The van der Waals surface area contributed by atoms with Crippen molar-refractivity contribution in [3.05, 3.63) is 41.5 Å². The average Bonchev–Trinajstić information content (AvgIpc) is 3.00. The van der Waals surface area contributed by atoms with Crippen molar-refractivity contribution in [1.29, 1.82) is 0 Å². The Kier molecular flexibility index (Phi) is 2.50. The van der Waals surface area contributed by atoms with Crippen LogP contribution >= 0.6 is 0 Å². The Hall–Kier alpha value is -1.57. The zero-order valence-corrected chi connectivity index (χ0v) is 9.98. The summed E-state index contributed by atoms with van der Waals surface area (Å²) >= 11 is 0. The smallest absolute Gasteiger partial charge is 0.337 e. The van der Waals surface area contributed by atoms with E-state index in [1.54, 1.807) is 0 Å². The number of hydrogen-bond acceptors (Lipinski definition) is 2. The average molecular weight is 228 g/mol. The molecule has 2 aliphatic rings. The fraction of sp³-hybridized carbons (Fsp3) is 0.400. The second-order valence-electron chi connectivity index (χ2n) is 4.96. The quantitative estimate of drug-likeness (QED) is 0.726. The fourth-order valence-corrected chi connectivity index (χ4v) is 3.09. The molecule has 1 aromatic carbocycles. The molecule has 2 unspecified atom stereocenters. The van der Waals surface area contributed by atoms with E-state index < -0.39 is 0 Å². The van der Waals surface area contributed by atoms with Crippen molar-refractivity contribution in [2.24, 2.45) is 11.8 Å². The van der Waals surface area contributed by atoms with E-state index in [2.05, 4.69) is 6.08 Å². The third-order valence-electron chi connectivity index (χ3n) is 3.97. The number of esters is 1. The summed E-state index contributed by atoms with van der Waals surface area (Å²) in [7, 11) is 1.41. The number of benzene rings is 1. The predicted molar refractivity (Wildman–Crippen MR) is 66.6 cm³/mol. The van der Waals surface area contributed by atoms with Gasteiger partial charge in [0.1, 0.15) is 0 Å². The lowest BCUT2D eigenvalue weighted by molar-refractivity contribution is 0.0601. The van der Waals surface area contributed by atoms with Crippen LogP contribution in [0.4, 0.5) is 0 Å². The highest BCUT2D eigenvalue weighted by molar-refractivity contribution is 5.89. The molecule has 1 aromatic rings. The van der Waals surface area contributed by atoms with Gasteiger partial charge in [-0.2, -0.15) is 0 Å². The van der Waals surface area contributed by atoms with Gasteiger partial charge in [0.15, 0.2) is 0 Å². The number of carbonyl (C=O) groups excluding carboxylic acids is 1. The Morgan fingerprint density at radius 1 is 1.24 bits per heavy atom. The summed E-state index contributed by atoms with van der Waals surface area (Å²) in [5, 5.41) is 0. The van der Waals surface area contributed by atoms with Gasteiger partial charge in [-0.25, -0.2) is 4.79 Å². The van der Waals surface area contributed by atoms with Gasteiger partial charge in [0.25, 0.3) is 0 Å². The van der Waals surface area contributed by atoms with Crippen molar-refractivity contribution in [1.82, 2.24) is 0 Å². The molecule has 0 saturated heterocycles. The van der Waals surface area contributed by atoms with Crippen molar-refractivity contribution in [2.75, 3.05) is 7.11 Å². The van der Waals surface area contributed by atoms with Gasteiger partial charge < -0.3 is 4.74 Å². The van der Waals surface area contributed by atoms with E-state index in [0.717, 1.165) is 11.8 Å². The lowest BCUT2D eigenvalue weighted by atomic mass is 9.92. The fourth-order valence-electron chi connectivity index (χ4n) is 3.09. The standard InChI is InChI=1S/C15H16O2/c1-17-15(16)12-6-4-11(5-7-12)14-9-10-2-3-13(14)8-10/h4-7,9-10,13H,2-3,8H2,1H3. The molecule has 0 heterocycles. The van der Waals surface area contributed by atoms with Crippen molar-refractivity contribution in [2.45, 2.75) is 19.3 Å². The lowest BCUT2D eigenvalue weighted by Gasteiger charge is -2.13. The van der Waals surface area contributed by atoms with Crippen LogP contribution in [0.1, 0.15) is 35.2 Å². The van der Waals surface area contributed by atoms with Gasteiger partial charge in [-0.05, 0) is 54.4 Å². The Morgan fingerprint density at radius 2 is 2.00 bits per heavy atom. The number of ether oxygens (including phenoxy) is 1. The van der Waals surface area contributed by atoms with Gasteiger partial charge >= 0.3 is 5.97 Å². The van der Waals surface area contributed by atoms with Crippen molar-refractivity contribution in [3.8, 4) is 0 Å². The SMILES string of the molecule is COC(=O)c1ccc(C2=CC3CCC2C3)cc1. The van der Waals surface area contributed by atoms with Crippen molar-refractivity contribution >= 4 is 11.5 Å². The zero-order chi connectivity index (χ0) is 11.8. The molecule has 17 heavy (non-hydrogen) atoms. The molecule has 0 aliphatic heterocycles. The number of carbonyl (C=O) groups is 1. The highest BCUT2D eigenvalue weighted by Gasteiger charge is 2.33. The minimum atomic E-state index is -0.265. The third-order valence-corrected chi connectivity index (χ3v) is 3.97. The lowest BCUT2D eigenvalue weighted by Crippen LogP contribution is -2.02. The van der Waals surface area contributed by atoms with Crippen LogP contribution in [0.25, 0.3) is 5.57 Å². The number of rotatable bonds is 2. The molecule has 3 rings (SSSR count). The summed E-state index contributed by atoms with van der Waals surface area (Å²) < 4.78 is 4.70. The molecule has 0 N–H and O–H groups in total. The second kappa shape index (κ2) is 4.02. The van der Waals surface area contributed by atoms with E-state index in [1.807, 2.05) is 24.3 Å². The molecule has 2 bridgehead atoms. The minimum Gasteiger partial charge on any atom is -0.465 e. The molecule has 88 valence electrons. The van der Waals surface area contributed by atoms with Crippen molar-refractivity contribution < 1.29 is 9.53 Å². The summed E-state index contributed by atoms with van der Waals surface area (Å²) in [4.78, 5) is 11.3. The van der Waals surface area contributed by atoms with Crippen LogP contribution in [0.2, 0.25) is 0 Å². The van der Waals surface area contributed by atoms with Crippen LogP contribution in [0.5, 0.6) is 0 Å². The van der Waals surface area contributed by atoms with Crippen LogP contribution in [0, 0.1) is 11.8 Å². The molecule has 2 nitrogen and oxygen atoms in total. The first-order valence-corrected chi connectivity index (χ1v) is 6.18. The van der Waals surface area contributed by atoms with E-state index in [0.29, 0.717) is 5.56 Å². The van der Waals surface area contributed by atoms with E-state index in [9.17, 15) is 4.79 Å². The van der Waals surface area contributed by atoms with Gasteiger partial charge in [0.2, 0.25) is 0 Å². The molecule has 2 atom stereocenters. The number of allylic oxidation sites excluding steroid dienone is 2. The van der Waals surface area contributed by atoms with Gasteiger partial charge in [-0.1, -0.05) is 18.2 Å². The molecular weight excluding hydrogens is 212 g/mol. The normalized spacial score (nSPS) is 25.8. The zero-order valence-electron chi connectivity index (χ0n) is 9.98. The van der Waals surface area contributed by atoms with Gasteiger partial charge in [0.05, 0.1) is 12.7 Å². The number of hydrogen-bond donors (Lipinski definition) is 0. The maximum Gasteiger partial charge on any atom is 0.337 e. The Morgan fingerprint density at radius 3 is 2.53 bits per heavy atom. The topological polar surface area (TPSA) is 26.3 Å². The van der Waals surface area contributed by atoms with Gasteiger partial charge in [-0.3, -0.25) is 0 Å². The summed E-state index contributed by atoms with van der Waals surface area (Å²) in [6, 6.07) is 7.79. The van der Waals surface area contributed by atoms with E-state index in [4.69, 9.17) is 4.74 Å². The third kappa shape index (κ3) is 1.78. The van der Waals surface area contributed by atoms with Crippen LogP contribution < -0.4 is 0 Å². The maximum absolute atomic E-state index is 11.3. The molecule has 1 saturated carbocycles. The molecule has 0 aromatic heterocycles. The number of fused-ring (bicyclic) bond motifs is 2. The van der Waals surface area contributed by atoms with Gasteiger partial charge in [0, 0.05) is 0 Å². The minimum absolute atomic E-state index is 0.265. The second-order valence-corrected chi connectivity index (χ2v) is 4.96. The predicted octanol–water partition coefficient (Wildman–Crippen LogP) is 3.29. The van der Waals surface area contributed by atoms with Crippen LogP contribution in [-0.4, -0.2) is 13.1 Å². The monoisotopic (exact) mass is 228 g/mol. The van der Waals surface area contributed by atoms with Crippen LogP contribution in [0.3, 0.4) is 0 Å². The Labute approximate surface area is 101 Å². The van der Waals surface area contributed by atoms with E-state index in [1.165, 1.54) is 37.5 Å². The highest BCUT2D eigenvalue weighted by atomic mass is 16.5. The maximum atomic E-state index is 11.3. The largest absolute Gasteiger partial charge is 0.465 e. The number of methoxy groups -OCH3 is 1. The van der Waals surface area contributed by atoms with Gasteiger partial charge in [-0.15, -0.1) is 0 Å². The molecule has 0 amide bonds. The molecule has 1 fully saturated rings. The summed E-state index contributed by atoms with van der Waals surface area (Å²) in [5.74, 6) is 1.29. The van der Waals surface area contributed by atoms with Crippen LogP contribution in [-0.2, 0) is 4.74 Å².